The van der Waals surface area contributed by atoms with Gasteiger partial charge in [-0.1, -0.05) is 52.4 Å². The lowest BCUT2D eigenvalue weighted by molar-refractivity contribution is -0.283. The van der Waals surface area contributed by atoms with Crippen molar-refractivity contribution in [3.63, 3.8) is 0 Å². The molecule has 0 bridgehead atoms. The monoisotopic (exact) mass is 326 g/mol. The Morgan fingerprint density at radius 2 is 1.62 bits per heavy atom. The van der Waals surface area contributed by atoms with Gasteiger partial charge in [-0.15, -0.1) is 0 Å². The lowest BCUT2D eigenvalue weighted by atomic mass is 9.89. The first-order valence-electron chi connectivity index (χ1n) is 7.86. The lowest BCUT2D eigenvalue weighted by Crippen LogP contribution is -2.19. The Balaban J connectivity index is 0.000000690. The standard InChI is InChI=1S/C14H28O2.H2O4S/c1-3-5-7-8-10-13(9-6-4-2)14-11-12-15-16-14;1-5(2,3)4/h13-14H,3-12H2,1-2H3;(H2,1,2,3,4). The normalized spacial score (nSPS) is 19.9. The largest absolute Gasteiger partial charge is 0.394 e. The minimum Gasteiger partial charge on any atom is -0.264 e. The van der Waals surface area contributed by atoms with Crippen LogP contribution in [0, 0.1) is 5.92 Å². The van der Waals surface area contributed by atoms with Crippen LogP contribution in [0.2, 0.25) is 0 Å². The lowest BCUT2D eigenvalue weighted by Gasteiger charge is -2.20. The second-order valence-corrected chi connectivity index (χ2v) is 6.34. The van der Waals surface area contributed by atoms with Crippen molar-refractivity contribution in [2.24, 2.45) is 5.92 Å². The highest BCUT2D eigenvalue weighted by Crippen LogP contribution is 2.27. The average Bonchev–Trinajstić information content (AvgIpc) is 2.90. The van der Waals surface area contributed by atoms with Crippen LogP contribution in [-0.2, 0) is 20.2 Å². The molecule has 1 saturated heterocycles. The zero-order valence-electron chi connectivity index (χ0n) is 13.2. The van der Waals surface area contributed by atoms with E-state index in [-0.39, 0.29) is 0 Å². The van der Waals surface area contributed by atoms with Crippen molar-refractivity contribution < 1.29 is 27.3 Å². The molecule has 7 heteroatoms. The van der Waals surface area contributed by atoms with Crippen molar-refractivity contribution >= 4 is 10.4 Å². The van der Waals surface area contributed by atoms with Crippen LogP contribution in [-0.4, -0.2) is 30.2 Å². The molecule has 1 aliphatic heterocycles. The average molecular weight is 326 g/mol. The van der Waals surface area contributed by atoms with Crippen molar-refractivity contribution in [2.45, 2.75) is 77.7 Å². The van der Waals surface area contributed by atoms with Crippen molar-refractivity contribution in [3.8, 4) is 0 Å². The van der Waals surface area contributed by atoms with E-state index in [4.69, 9.17) is 27.3 Å². The summed E-state index contributed by atoms with van der Waals surface area (Å²) in [6, 6.07) is 0. The zero-order chi connectivity index (χ0) is 16.1. The molecule has 0 aromatic rings. The van der Waals surface area contributed by atoms with E-state index in [0.29, 0.717) is 6.10 Å². The molecule has 0 saturated carbocycles. The van der Waals surface area contributed by atoms with Gasteiger partial charge < -0.3 is 0 Å². The Kier molecular flexibility index (Phi) is 12.2. The van der Waals surface area contributed by atoms with E-state index in [2.05, 4.69) is 13.8 Å². The highest BCUT2D eigenvalue weighted by atomic mass is 32.3. The number of rotatable bonds is 9. The van der Waals surface area contributed by atoms with Crippen LogP contribution in [0.1, 0.15) is 71.6 Å². The van der Waals surface area contributed by atoms with Crippen molar-refractivity contribution in [1.29, 1.82) is 0 Å². The molecule has 2 N–H and O–H groups in total. The maximum atomic E-state index is 8.74. The molecule has 0 aliphatic carbocycles. The molecule has 0 spiro atoms. The van der Waals surface area contributed by atoms with Crippen molar-refractivity contribution in [1.82, 2.24) is 0 Å². The molecule has 21 heavy (non-hydrogen) atoms. The van der Waals surface area contributed by atoms with Gasteiger partial charge in [0.1, 0.15) is 0 Å². The van der Waals surface area contributed by atoms with Crippen LogP contribution >= 0.6 is 0 Å². The van der Waals surface area contributed by atoms with E-state index in [1.807, 2.05) is 0 Å². The topological polar surface area (TPSA) is 93.1 Å². The van der Waals surface area contributed by atoms with Gasteiger partial charge in [-0.25, -0.2) is 9.78 Å². The van der Waals surface area contributed by atoms with Crippen LogP contribution in [0.4, 0.5) is 0 Å². The summed E-state index contributed by atoms with van der Waals surface area (Å²) in [5, 5.41) is 0. The predicted octanol–water partition coefficient (Wildman–Crippen LogP) is 3.83. The summed E-state index contributed by atoms with van der Waals surface area (Å²) >= 11 is 0. The van der Waals surface area contributed by atoms with Crippen molar-refractivity contribution in [2.75, 3.05) is 6.61 Å². The third kappa shape index (κ3) is 14.5. The molecule has 1 rings (SSSR count). The molecule has 1 fully saturated rings. The van der Waals surface area contributed by atoms with Gasteiger partial charge in [0.05, 0.1) is 12.7 Å². The number of hydrogen-bond donors (Lipinski definition) is 2. The molecule has 128 valence electrons. The SMILES string of the molecule is CCCCCCC(CCCC)C1CCOO1.O=S(=O)(O)O. The second kappa shape index (κ2) is 12.3. The van der Waals surface area contributed by atoms with Crippen LogP contribution < -0.4 is 0 Å². The van der Waals surface area contributed by atoms with Gasteiger partial charge >= 0.3 is 10.4 Å². The Hall–Kier alpha value is -0.210. The molecule has 0 aromatic carbocycles. The third-order valence-electron chi connectivity index (χ3n) is 3.56. The maximum Gasteiger partial charge on any atom is 0.394 e. The fourth-order valence-corrected chi connectivity index (χ4v) is 2.48. The minimum absolute atomic E-state index is 0.383. The molecule has 0 amide bonds. The highest BCUT2D eigenvalue weighted by Gasteiger charge is 2.26. The van der Waals surface area contributed by atoms with E-state index in [1.165, 1.54) is 51.4 Å². The summed E-state index contributed by atoms with van der Waals surface area (Å²) in [5.74, 6) is 0.735. The molecular weight excluding hydrogens is 296 g/mol. The van der Waals surface area contributed by atoms with Gasteiger partial charge in [0.2, 0.25) is 0 Å². The van der Waals surface area contributed by atoms with E-state index < -0.39 is 10.4 Å². The molecule has 2 unspecified atom stereocenters. The minimum atomic E-state index is -4.67. The first-order chi connectivity index (χ1) is 9.88. The van der Waals surface area contributed by atoms with Gasteiger partial charge in [-0.3, -0.25) is 9.11 Å². The fraction of sp³-hybridized carbons (Fsp3) is 1.00. The smallest absolute Gasteiger partial charge is 0.264 e. The Morgan fingerprint density at radius 1 is 1.05 bits per heavy atom. The highest BCUT2D eigenvalue weighted by molar-refractivity contribution is 7.79. The van der Waals surface area contributed by atoms with Crippen LogP contribution in [0.15, 0.2) is 0 Å². The van der Waals surface area contributed by atoms with Gasteiger partial charge in [-0.2, -0.15) is 8.42 Å². The number of hydrogen-bond acceptors (Lipinski definition) is 4. The Labute approximate surface area is 128 Å². The maximum absolute atomic E-state index is 8.74. The van der Waals surface area contributed by atoms with E-state index >= 15 is 0 Å². The molecule has 1 heterocycles. The predicted molar refractivity (Wildman–Crippen MR) is 81.4 cm³/mol. The van der Waals surface area contributed by atoms with Gasteiger partial charge in [0, 0.05) is 6.42 Å². The van der Waals surface area contributed by atoms with Gasteiger partial charge in [0.15, 0.2) is 0 Å². The van der Waals surface area contributed by atoms with Gasteiger partial charge in [-0.05, 0) is 18.8 Å². The Morgan fingerprint density at radius 3 is 2.10 bits per heavy atom. The molecule has 2 atom stereocenters. The molecule has 0 radical (unpaired) electrons. The first kappa shape index (κ1) is 20.8. The Bertz CT molecular complexity index is 316. The molecule has 6 nitrogen and oxygen atoms in total. The van der Waals surface area contributed by atoms with Crippen LogP contribution in [0.3, 0.4) is 0 Å². The number of unbranched alkanes of at least 4 members (excludes halogenated alkanes) is 4. The molecule has 0 aromatic heterocycles. The summed E-state index contributed by atoms with van der Waals surface area (Å²) in [6.45, 7) is 5.32. The fourth-order valence-electron chi connectivity index (χ4n) is 2.48. The first-order valence-corrected chi connectivity index (χ1v) is 9.26. The third-order valence-corrected chi connectivity index (χ3v) is 3.56. The quantitative estimate of drug-likeness (QED) is 0.380. The summed E-state index contributed by atoms with van der Waals surface area (Å²) in [6.07, 6.45) is 12.2. The second-order valence-electron chi connectivity index (χ2n) is 5.44. The van der Waals surface area contributed by atoms with E-state index in [0.717, 1.165) is 18.9 Å². The van der Waals surface area contributed by atoms with Crippen LogP contribution in [0.25, 0.3) is 0 Å². The zero-order valence-corrected chi connectivity index (χ0v) is 14.0. The summed E-state index contributed by atoms with van der Waals surface area (Å²) in [7, 11) is -4.67. The van der Waals surface area contributed by atoms with Gasteiger partial charge in [0.25, 0.3) is 0 Å². The summed E-state index contributed by atoms with van der Waals surface area (Å²) in [5.41, 5.74) is 0. The summed E-state index contributed by atoms with van der Waals surface area (Å²) in [4.78, 5) is 10.4. The molecule has 1 aliphatic rings. The van der Waals surface area contributed by atoms with Crippen LogP contribution in [0.5, 0.6) is 0 Å². The van der Waals surface area contributed by atoms with E-state index in [1.54, 1.807) is 0 Å². The molecular formula is C14H30O6S. The summed E-state index contributed by atoms with van der Waals surface area (Å²) < 4.78 is 31.6. The van der Waals surface area contributed by atoms with E-state index in [9.17, 15) is 0 Å². The van der Waals surface area contributed by atoms with Crippen molar-refractivity contribution in [3.05, 3.63) is 0 Å².